The van der Waals surface area contributed by atoms with E-state index in [1.807, 2.05) is 0 Å². The summed E-state index contributed by atoms with van der Waals surface area (Å²) < 4.78 is 1.15. The van der Waals surface area contributed by atoms with E-state index in [2.05, 4.69) is 26.3 Å². The Bertz CT molecular complexity index is 1240. The van der Waals surface area contributed by atoms with Gasteiger partial charge in [0, 0.05) is 12.1 Å². The molecule has 1 atom stereocenters. The van der Waals surface area contributed by atoms with E-state index in [0.29, 0.717) is 22.2 Å². The van der Waals surface area contributed by atoms with Crippen molar-refractivity contribution in [1.82, 2.24) is 25.6 Å². The smallest absolute Gasteiger partial charge is 0.322 e. The third-order valence-corrected chi connectivity index (χ3v) is 4.95. The minimum Gasteiger partial charge on any atom is -0.326 e. The third-order valence-electron chi connectivity index (χ3n) is 4.95. The Morgan fingerprint density at radius 2 is 1.93 bits per heavy atom. The summed E-state index contributed by atoms with van der Waals surface area (Å²) in [5.41, 5.74) is -0.0426. The first-order valence-corrected chi connectivity index (χ1v) is 9.23. The number of nitrogens with zero attached hydrogens (tertiary/aromatic N) is 3. The molecule has 1 saturated heterocycles. The molecule has 1 aliphatic heterocycles. The molecule has 2 heterocycles. The van der Waals surface area contributed by atoms with Gasteiger partial charge in [-0.25, -0.2) is 9.48 Å². The summed E-state index contributed by atoms with van der Waals surface area (Å²) in [6.45, 7) is 1.65. The summed E-state index contributed by atoms with van der Waals surface area (Å²) in [4.78, 5) is 48.4. The lowest BCUT2D eigenvalue weighted by atomic mass is 9.92. The fraction of sp³-hybridized carbons (Fsp3) is 0.200. The second kappa shape index (κ2) is 7.39. The van der Waals surface area contributed by atoms with Gasteiger partial charge >= 0.3 is 6.03 Å². The molecule has 0 spiro atoms. The molecule has 1 fully saturated rings. The van der Waals surface area contributed by atoms with Gasteiger partial charge in [-0.3, -0.25) is 19.7 Å². The Morgan fingerprint density at radius 3 is 2.70 bits per heavy atom. The van der Waals surface area contributed by atoms with Crippen LogP contribution in [0.1, 0.15) is 18.9 Å². The number of anilines is 1. The van der Waals surface area contributed by atoms with Gasteiger partial charge in [-0.1, -0.05) is 29.5 Å². The predicted octanol–water partition coefficient (Wildman–Crippen LogP) is 0.875. The molecule has 0 aliphatic carbocycles. The topological polar surface area (TPSA) is 135 Å². The van der Waals surface area contributed by atoms with Gasteiger partial charge in [0.25, 0.3) is 11.5 Å². The highest BCUT2D eigenvalue weighted by atomic mass is 16.2. The number of imide groups is 1. The van der Waals surface area contributed by atoms with Crippen molar-refractivity contribution in [1.29, 1.82) is 0 Å². The summed E-state index contributed by atoms with van der Waals surface area (Å²) in [5.74, 6) is -0.802. The van der Waals surface area contributed by atoms with Crippen LogP contribution in [0.4, 0.5) is 10.5 Å². The highest BCUT2D eigenvalue weighted by Crippen LogP contribution is 2.26. The number of hydrogen-bond donors (Lipinski definition) is 3. The van der Waals surface area contributed by atoms with E-state index in [0.717, 1.165) is 4.68 Å². The number of amides is 4. The number of benzene rings is 2. The van der Waals surface area contributed by atoms with Gasteiger partial charge < -0.3 is 10.6 Å². The van der Waals surface area contributed by atoms with E-state index in [-0.39, 0.29) is 24.4 Å². The van der Waals surface area contributed by atoms with Gasteiger partial charge in [-0.05, 0) is 36.8 Å². The number of hydrogen-bond acceptors (Lipinski definition) is 6. The lowest BCUT2D eigenvalue weighted by Crippen LogP contribution is -2.40. The Morgan fingerprint density at radius 1 is 1.13 bits per heavy atom. The minimum atomic E-state index is -1.22. The van der Waals surface area contributed by atoms with E-state index in [1.54, 1.807) is 55.5 Å². The van der Waals surface area contributed by atoms with Gasteiger partial charge in [-0.15, -0.1) is 5.10 Å². The van der Waals surface area contributed by atoms with E-state index >= 15 is 0 Å². The maximum Gasteiger partial charge on any atom is 0.322 e. The molecule has 0 saturated carbocycles. The molecule has 0 radical (unpaired) electrons. The molecule has 3 aromatic rings. The average Bonchev–Trinajstić information content (AvgIpc) is 3.00. The summed E-state index contributed by atoms with van der Waals surface area (Å²) in [5, 5.41) is 15.8. The van der Waals surface area contributed by atoms with Crippen LogP contribution in [0.3, 0.4) is 0 Å². The zero-order chi connectivity index (χ0) is 21.3. The van der Waals surface area contributed by atoms with Crippen molar-refractivity contribution in [3.8, 4) is 0 Å². The largest absolute Gasteiger partial charge is 0.326 e. The molecule has 10 heteroatoms. The molecular formula is C20H18N6O4. The molecule has 3 N–H and O–H groups in total. The van der Waals surface area contributed by atoms with Gasteiger partial charge in [0.15, 0.2) is 0 Å². The number of aryl methyl sites for hydroxylation is 1. The summed E-state index contributed by atoms with van der Waals surface area (Å²) in [7, 11) is 0. The number of nitrogens with one attached hydrogen (secondary N) is 3. The van der Waals surface area contributed by atoms with Crippen LogP contribution in [0, 0.1) is 0 Å². The zero-order valence-electron chi connectivity index (χ0n) is 16.0. The van der Waals surface area contributed by atoms with Crippen LogP contribution in [-0.2, 0) is 21.7 Å². The number of fused-ring (bicyclic) bond motifs is 1. The first-order chi connectivity index (χ1) is 14.4. The summed E-state index contributed by atoms with van der Waals surface area (Å²) in [6, 6.07) is 12.9. The zero-order valence-corrected chi connectivity index (χ0v) is 16.0. The first-order valence-electron chi connectivity index (χ1n) is 9.23. The Kier molecular flexibility index (Phi) is 4.74. The molecule has 1 aliphatic rings. The number of rotatable bonds is 5. The monoisotopic (exact) mass is 406 g/mol. The van der Waals surface area contributed by atoms with Gasteiger partial charge in [0.2, 0.25) is 5.91 Å². The van der Waals surface area contributed by atoms with E-state index in [9.17, 15) is 19.2 Å². The highest BCUT2D eigenvalue weighted by Gasteiger charge is 2.43. The normalized spacial score (nSPS) is 18.2. The maximum atomic E-state index is 12.4. The van der Waals surface area contributed by atoms with Crippen LogP contribution in [-0.4, -0.2) is 32.8 Å². The first kappa shape index (κ1) is 19.2. The van der Waals surface area contributed by atoms with Crippen molar-refractivity contribution >= 4 is 34.4 Å². The van der Waals surface area contributed by atoms with Crippen LogP contribution in [0.5, 0.6) is 0 Å². The van der Waals surface area contributed by atoms with Gasteiger partial charge in [0.05, 0.1) is 11.9 Å². The Hall–Kier alpha value is -4.08. The molecule has 152 valence electrons. The molecule has 10 nitrogen and oxygen atoms in total. The van der Waals surface area contributed by atoms with Crippen LogP contribution in [0.2, 0.25) is 0 Å². The SMILES string of the molecule is C[C@]1(c2cccc(NC(=O)CCn3nnc4ccccc4c3=O)c2)NC(=O)NC1=O. The van der Waals surface area contributed by atoms with Crippen molar-refractivity contribution in [3.63, 3.8) is 0 Å². The van der Waals surface area contributed by atoms with Crippen molar-refractivity contribution in [2.24, 2.45) is 0 Å². The molecule has 4 rings (SSSR count). The van der Waals surface area contributed by atoms with Crippen LogP contribution in [0.25, 0.3) is 10.9 Å². The molecule has 2 aromatic carbocycles. The number of urea groups is 1. The van der Waals surface area contributed by atoms with Crippen LogP contribution in [0.15, 0.2) is 53.3 Å². The molecule has 4 amide bonds. The van der Waals surface area contributed by atoms with Crippen molar-refractivity contribution < 1.29 is 14.4 Å². The second-order valence-electron chi connectivity index (χ2n) is 7.05. The molecule has 0 unspecified atom stereocenters. The van der Waals surface area contributed by atoms with Crippen molar-refractivity contribution in [3.05, 3.63) is 64.4 Å². The average molecular weight is 406 g/mol. The number of aromatic nitrogens is 3. The lowest BCUT2D eigenvalue weighted by Gasteiger charge is -2.21. The Balaban J connectivity index is 1.45. The third kappa shape index (κ3) is 3.50. The Labute approximate surface area is 170 Å². The summed E-state index contributed by atoms with van der Waals surface area (Å²) in [6.07, 6.45) is 0.00560. The maximum absolute atomic E-state index is 12.4. The molecule has 1 aromatic heterocycles. The standard InChI is InChI=1S/C20H18N6O4/c1-20(18(29)22-19(30)23-20)12-5-4-6-13(11-12)21-16(27)9-10-26-17(28)14-7-2-3-8-15(14)24-25-26/h2-8,11H,9-10H2,1H3,(H,21,27)(H2,22,23,29,30)/t20-/m1/s1. The van der Waals surface area contributed by atoms with Crippen LogP contribution >= 0.6 is 0 Å². The fourth-order valence-corrected chi connectivity index (χ4v) is 3.26. The fourth-order valence-electron chi connectivity index (χ4n) is 3.26. The van der Waals surface area contributed by atoms with Crippen molar-refractivity contribution in [2.45, 2.75) is 25.4 Å². The molecule has 30 heavy (non-hydrogen) atoms. The molecular weight excluding hydrogens is 388 g/mol. The predicted molar refractivity (Wildman–Crippen MR) is 108 cm³/mol. The van der Waals surface area contributed by atoms with E-state index in [1.165, 1.54) is 0 Å². The van der Waals surface area contributed by atoms with E-state index in [4.69, 9.17) is 0 Å². The number of carbonyl (C=O) groups excluding carboxylic acids is 3. The van der Waals surface area contributed by atoms with Gasteiger partial charge in [0.1, 0.15) is 11.1 Å². The van der Waals surface area contributed by atoms with Gasteiger partial charge in [-0.2, -0.15) is 0 Å². The molecule has 0 bridgehead atoms. The van der Waals surface area contributed by atoms with Crippen LogP contribution < -0.4 is 21.5 Å². The second-order valence-corrected chi connectivity index (χ2v) is 7.05. The quantitative estimate of drug-likeness (QED) is 0.538. The number of carbonyl (C=O) groups is 3. The highest BCUT2D eigenvalue weighted by molar-refractivity contribution is 6.07. The van der Waals surface area contributed by atoms with E-state index < -0.39 is 17.5 Å². The minimum absolute atomic E-state index is 0.00560. The lowest BCUT2D eigenvalue weighted by molar-refractivity contribution is -0.123. The summed E-state index contributed by atoms with van der Waals surface area (Å²) >= 11 is 0. The van der Waals surface area contributed by atoms with Crippen molar-refractivity contribution in [2.75, 3.05) is 5.32 Å².